The maximum absolute atomic E-state index is 11.9. The third-order valence-corrected chi connectivity index (χ3v) is 9.05. The van der Waals surface area contributed by atoms with Crippen LogP contribution in [-0.2, 0) is 22.4 Å². The van der Waals surface area contributed by atoms with Gasteiger partial charge in [-0.2, -0.15) is 0 Å². The molecule has 1 saturated carbocycles. The number of aromatic amines is 1. The van der Waals surface area contributed by atoms with Crippen molar-refractivity contribution in [2.75, 3.05) is 20.2 Å². The molecule has 0 bridgehead atoms. The minimum Gasteiger partial charge on any atom is -0.381 e. The number of likely N-dealkylation sites (tertiary alicyclic amines) is 1. The van der Waals surface area contributed by atoms with Crippen LogP contribution in [-0.4, -0.2) is 58.9 Å². The number of piperidine rings is 1. The van der Waals surface area contributed by atoms with Gasteiger partial charge in [-0.1, -0.05) is 46.2 Å². The molecule has 2 aromatic heterocycles. The summed E-state index contributed by atoms with van der Waals surface area (Å²) >= 11 is 7.21. The van der Waals surface area contributed by atoms with E-state index in [2.05, 4.69) is 30.7 Å². The van der Waals surface area contributed by atoms with Crippen molar-refractivity contribution < 1.29 is 19.1 Å². The van der Waals surface area contributed by atoms with Crippen molar-refractivity contribution in [3.05, 3.63) is 50.6 Å². The highest BCUT2D eigenvalue weighted by molar-refractivity contribution is 7.13. The van der Waals surface area contributed by atoms with Gasteiger partial charge in [-0.05, 0) is 81.5 Å². The molecule has 3 aromatic rings. The van der Waals surface area contributed by atoms with Gasteiger partial charge in [0.05, 0.1) is 11.8 Å². The highest BCUT2D eigenvalue weighted by Crippen LogP contribution is 2.32. The van der Waals surface area contributed by atoms with Gasteiger partial charge in [0.2, 0.25) is 5.91 Å². The first-order valence-corrected chi connectivity index (χ1v) is 16.9. The van der Waals surface area contributed by atoms with E-state index in [-0.39, 0.29) is 5.92 Å². The van der Waals surface area contributed by atoms with E-state index < -0.39 is 11.8 Å². The van der Waals surface area contributed by atoms with Crippen molar-refractivity contribution in [2.45, 2.75) is 92.1 Å². The predicted molar refractivity (Wildman–Crippen MR) is 180 cm³/mol. The van der Waals surface area contributed by atoms with Crippen LogP contribution in [0.1, 0.15) is 104 Å². The maximum atomic E-state index is 11.9. The lowest BCUT2D eigenvalue weighted by atomic mass is 9.81. The quantitative estimate of drug-likeness (QED) is 0.247. The Labute approximate surface area is 271 Å². The smallest absolute Gasteiger partial charge is 0.277 e. The molecule has 1 saturated heterocycles. The average Bonchev–Trinajstić information content (AvgIpc) is 3.62. The lowest BCUT2D eigenvalue weighted by Gasteiger charge is -2.37. The number of H-pyrrole nitrogens is 1. The summed E-state index contributed by atoms with van der Waals surface area (Å²) in [5.41, 5.74) is 12.6. The van der Waals surface area contributed by atoms with Crippen LogP contribution >= 0.6 is 22.9 Å². The van der Waals surface area contributed by atoms with Crippen LogP contribution in [0.5, 0.6) is 0 Å². The fraction of sp³-hybridized carbons (Fsp3) is 0.576. The van der Waals surface area contributed by atoms with E-state index >= 15 is 0 Å². The van der Waals surface area contributed by atoms with Crippen molar-refractivity contribution in [2.24, 2.45) is 23.3 Å². The van der Waals surface area contributed by atoms with Crippen LogP contribution in [0.4, 0.5) is 0 Å². The Hall–Kier alpha value is -2.95. The number of nitrogens with one attached hydrogen (secondary N) is 1. The first-order chi connectivity index (χ1) is 21.0. The molecule has 0 radical (unpaired) electrons. The van der Waals surface area contributed by atoms with E-state index in [9.17, 15) is 14.4 Å². The minimum absolute atomic E-state index is 0.262. The van der Waals surface area contributed by atoms with Crippen molar-refractivity contribution in [3.8, 4) is 0 Å². The maximum Gasteiger partial charge on any atom is 0.277 e. The van der Waals surface area contributed by atoms with Crippen molar-refractivity contribution in [1.82, 2.24) is 14.9 Å². The number of amides is 3. The number of hydrogen-bond donors (Lipinski definition) is 3. The lowest BCUT2D eigenvalue weighted by Crippen LogP contribution is -2.46. The Bertz CT molecular complexity index is 1340. The summed E-state index contributed by atoms with van der Waals surface area (Å²) in [5, 5.41) is 1.98. The summed E-state index contributed by atoms with van der Waals surface area (Å²) in [6, 6.07) is 7.03. The summed E-state index contributed by atoms with van der Waals surface area (Å²) < 4.78 is 5.18. The molecule has 3 amide bonds. The highest BCUT2D eigenvalue weighted by atomic mass is 35.5. The van der Waals surface area contributed by atoms with Gasteiger partial charge in [-0.15, -0.1) is 11.3 Å². The molecular formula is C33H50ClN5O4S. The van der Waals surface area contributed by atoms with E-state index in [1.807, 2.05) is 24.8 Å². The molecule has 9 nitrogen and oxygen atoms in total. The summed E-state index contributed by atoms with van der Waals surface area (Å²) in [4.78, 5) is 44.1. The molecule has 11 heteroatoms. The minimum atomic E-state index is -0.465. The topological polar surface area (TPSA) is 144 Å². The summed E-state index contributed by atoms with van der Waals surface area (Å²) in [6.07, 6.45) is 8.86. The summed E-state index contributed by atoms with van der Waals surface area (Å²) in [7, 11) is 1.73. The molecule has 244 valence electrons. The van der Waals surface area contributed by atoms with Crippen LogP contribution in [0.25, 0.3) is 10.9 Å². The zero-order chi connectivity index (χ0) is 32.8. The van der Waals surface area contributed by atoms with Gasteiger partial charge >= 0.3 is 0 Å². The second kappa shape index (κ2) is 18.8. The van der Waals surface area contributed by atoms with Crippen LogP contribution in [0.2, 0.25) is 5.02 Å². The third-order valence-electron chi connectivity index (χ3n) is 7.56. The molecule has 2 fully saturated rings. The fourth-order valence-corrected chi connectivity index (χ4v) is 6.03. The molecule has 1 aliphatic heterocycles. The molecule has 0 unspecified atom stereocenters. The number of hydrogen-bond acceptors (Lipinski definition) is 6. The van der Waals surface area contributed by atoms with E-state index in [4.69, 9.17) is 27.8 Å². The summed E-state index contributed by atoms with van der Waals surface area (Å²) in [5.74, 6) is 0.419. The number of thiazole rings is 1. The van der Waals surface area contributed by atoms with Gasteiger partial charge in [-0.25, -0.2) is 4.98 Å². The molecule has 0 atom stereocenters. The number of primary amides is 2. The zero-order valence-corrected chi connectivity index (χ0v) is 28.7. The van der Waals surface area contributed by atoms with Crippen molar-refractivity contribution >= 4 is 51.6 Å². The Kier molecular flexibility index (Phi) is 15.9. The number of carbonyl (C=O) groups is 3. The second-order valence-electron chi connectivity index (χ2n) is 11.2. The number of aromatic nitrogens is 2. The monoisotopic (exact) mass is 647 g/mol. The molecular weight excluding hydrogens is 598 g/mol. The lowest BCUT2D eigenvalue weighted by molar-refractivity contribution is -0.144. The van der Waals surface area contributed by atoms with Crippen LogP contribution < -0.4 is 11.5 Å². The number of aryl methyl sites for hydroxylation is 2. The standard InChI is InChI=1S/C11H18N2OS.C11H19NO2.C9H7ClN2O.C2H6/c1-4-9-8(6-5-7(2)3)13-11(15-9)10(12)14;1-14-10-7-9(8-10)11(13)12-5-3-2-4-6-12;10-6-1-2-7-5(3-6)4-8(12-7)9(11)13;1-2/h7H,4-6H2,1-3H3,(H2,12,14);9-10H,2-8H2,1H3;1-4,12H,(H2,11,13);1-2H3. The van der Waals surface area contributed by atoms with E-state index in [0.29, 0.717) is 33.7 Å². The number of carbonyl (C=O) groups excluding carboxylic acids is 3. The number of rotatable bonds is 8. The van der Waals surface area contributed by atoms with Crippen LogP contribution in [0, 0.1) is 11.8 Å². The first-order valence-electron chi connectivity index (χ1n) is 15.7. The summed E-state index contributed by atoms with van der Waals surface area (Å²) in [6.45, 7) is 12.4. The molecule has 2 aliphatic rings. The van der Waals surface area contributed by atoms with Gasteiger partial charge in [0, 0.05) is 46.9 Å². The van der Waals surface area contributed by atoms with Crippen LogP contribution in [0.15, 0.2) is 24.3 Å². The van der Waals surface area contributed by atoms with E-state index in [1.54, 1.807) is 25.3 Å². The number of ether oxygens (including phenoxy) is 1. The molecule has 44 heavy (non-hydrogen) atoms. The molecule has 0 spiro atoms. The molecule has 1 aliphatic carbocycles. The highest BCUT2D eigenvalue weighted by Gasteiger charge is 2.37. The third kappa shape index (κ3) is 11.2. The van der Waals surface area contributed by atoms with Gasteiger partial charge in [0.25, 0.3) is 11.8 Å². The van der Waals surface area contributed by atoms with Gasteiger partial charge in [0.15, 0.2) is 5.01 Å². The number of methoxy groups -OCH3 is 1. The number of fused-ring (bicyclic) bond motifs is 1. The van der Waals surface area contributed by atoms with E-state index in [1.165, 1.54) is 35.5 Å². The Morgan fingerprint density at radius 2 is 1.75 bits per heavy atom. The molecule has 3 heterocycles. The molecule has 5 N–H and O–H groups in total. The van der Waals surface area contributed by atoms with Gasteiger partial charge < -0.3 is 26.1 Å². The molecule has 1 aromatic carbocycles. The largest absolute Gasteiger partial charge is 0.381 e. The first kappa shape index (κ1) is 37.2. The van der Waals surface area contributed by atoms with Crippen LogP contribution in [0.3, 0.4) is 0 Å². The average molecular weight is 648 g/mol. The Morgan fingerprint density at radius 3 is 2.30 bits per heavy atom. The van der Waals surface area contributed by atoms with Crippen molar-refractivity contribution in [1.29, 1.82) is 0 Å². The Morgan fingerprint density at radius 1 is 1.09 bits per heavy atom. The molecule has 5 rings (SSSR count). The number of halogens is 1. The van der Waals surface area contributed by atoms with Gasteiger partial charge in [0.1, 0.15) is 5.69 Å². The normalized spacial score (nSPS) is 17.3. The zero-order valence-electron chi connectivity index (χ0n) is 27.1. The number of nitrogens with two attached hydrogens (primary N) is 2. The SMILES string of the molecule is CC.CCc1sc(C(N)=O)nc1CCC(C)C.COC1CC(C(=O)N2CCCCC2)C1.NC(=O)c1cc2cc(Cl)ccc2[nH]1. The fourth-order valence-electron chi connectivity index (χ4n) is 4.95. The van der Waals surface area contributed by atoms with Gasteiger partial charge in [-0.3, -0.25) is 14.4 Å². The van der Waals surface area contributed by atoms with E-state index in [0.717, 1.165) is 61.8 Å². The number of benzene rings is 1. The van der Waals surface area contributed by atoms with Crippen molar-refractivity contribution in [3.63, 3.8) is 0 Å². The number of nitrogens with zero attached hydrogens (tertiary/aromatic N) is 2. The Balaban J connectivity index is 0.000000224. The second-order valence-corrected chi connectivity index (χ2v) is 12.8. The predicted octanol–water partition coefficient (Wildman–Crippen LogP) is 6.76.